The first-order valence-electron chi connectivity index (χ1n) is 9.85. The van der Waals surface area contributed by atoms with Crippen LogP contribution in [0, 0.1) is 32.4 Å². The molecule has 1 fully saturated rings. The summed E-state index contributed by atoms with van der Waals surface area (Å²) in [4.78, 5) is 14.3. The lowest BCUT2D eigenvalue weighted by Gasteiger charge is -2.33. The minimum Gasteiger partial charge on any atom is -0.450 e. The van der Waals surface area contributed by atoms with Gasteiger partial charge >= 0.3 is 0 Å². The second kappa shape index (κ2) is 7.72. The SMILES string of the molecule is Cc1ccc(C)c2c(C)c(C(=O)N3CCN(S(=O)(=O)c4ccc(F)c(F)c4)CC3)oc12. The van der Waals surface area contributed by atoms with E-state index in [1.807, 2.05) is 32.9 Å². The van der Waals surface area contributed by atoms with E-state index in [1.54, 1.807) is 4.90 Å². The molecular formula is C22H22F2N2O4S. The monoisotopic (exact) mass is 448 g/mol. The number of carbonyl (C=O) groups is 1. The lowest BCUT2D eigenvalue weighted by atomic mass is 10.0. The highest BCUT2D eigenvalue weighted by molar-refractivity contribution is 7.89. The van der Waals surface area contributed by atoms with Crippen molar-refractivity contribution in [3.8, 4) is 0 Å². The van der Waals surface area contributed by atoms with Crippen molar-refractivity contribution in [2.45, 2.75) is 25.7 Å². The molecule has 1 aromatic heterocycles. The maximum absolute atomic E-state index is 13.5. The number of nitrogens with zero attached hydrogens (tertiary/aromatic N) is 2. The summed E-state index contributed by atoms with van der Waals surface area (Å²) < 4.78 is 59.2. The van der Waals surface area contributed by atoms with Crippen LogP contribution < -0.4 is 0 Å². The number of carbonyl (C=O) groups excluding carboxylic acids is 1. The van der Waals surface area contributed by atoms with Crippen molar-refractivity contribution in [1.29, 1.82) is 0 Å². The fourth-order valence-electron chi connectivity index (χ4n) is 3.94. The standard InChI is InChI=1S/C22H22F2N2O4S/c1-13-4-5-14(2)20-19(13)15(3)21(30-20)22(27)25-8-10-26(11-9-25)31(28,29)16-6-7-17(23)18(24)12-16/h4-7,12H,8-11H2,1-3H3. The lowest BCUT2D eigenvalue weighted by molar-refractivity contribution is 0.0667. The summed E-state index contributed by atoms with van der Waals surface area (Å²) in [5.41, 5.74) is 3.40. The van der Waals surface area contributed by atoms with E-state index in [4.69, 9.17) is 4.42 Å². The Kier molecular flexibility index (Phi) is 5.35. The quantitative estimate of drug-likeness (QED) is 0.611. The normalized spacial score (nSPS) is 15.6. The third-order valence-corrected chi connectivity index (χ3v) is 7.63. The van der Waals surface area contributed by atoms with Gasteiger partial charge in [-0.15, -0.1) is 0 Å². The van der Waals surface area contributed by atoms with Gasteiger partial charge in [-0.05, 0) is 50.1 Å². The lowest BCUT2D eigenvalue weighted by Crippen LogP contribution is -2.50. The van der Waals surface area contributed by atoms with Crippen LogP contribution in [-0.2, 0) is 10.0 Å². The Labute approximate surface area is 179 Å². The molecule has 0 spiro atoms. The van der Waals surface area contributed by atoms with Crippen molar-refractivity contribution in [3.63, 3.8) is 0 Å². The van der Waals surface area contributed by atoms with E-state index in [0.717, 1.165) is 34.2 Å². The summed E-state index contributed by atoms with van der Waals surface area (Å²) in [5, 5.41) is 0.919. The number of hydrogen-bond donors (Lipinski definition) is 0. The van der Waals surface area contributed by atoms with Crippen molar-refractivity contribution in [2.75, 3.05) is 26.2 Å². The van der Waals surface area contributed by atoms with Crippen molar-refractivity contribution in [3.05, 3.63) is 64.4 Å². The first-order chi connectivity index (χ1) is 14.6. The summed E-state index contributed by atoms with van der Waals surface area (Å²) in [5.74, 6) is -2.37. The molecular weight excluding hydrogens is 426 g/mol. The minimum atomic E-state index is -3.99. The molecule has 6 nitrogen and oxygen atoms in total. The van der Waals surface area contributed by atoms with E-state index in [1.165, 1.54) is 4.31 Å². The van der Waals surface area contributed by atoms with Crippen LogP contribution in [0.4, 0.5) is 8.78 Å². The molecule has 0 bridgehead atoms. The summed E-state index contributed by atoms with van der Waals surface area (Å²) in [7, 11) is -3.99. The number of hydrogen-bond acceptors (Lipinski definition) is 4. The van der Waals surface area contributed by atoms with E-state index in [2.05, 4.69) is 0 Å². The molecule has 0 radical (unpaired) electrons. The third-order valence-electron chi connectivity index (χ3n) is 5.73. The van der Waals surface area contributed by atoms with Gasteiger partial charge in [-0.1, -0.05) is 12.1 Å². The van der Waals surface area contributed by atoms with Crippen molar-refractivity contribution in [1.82, 2.24) is 9.21 Å². The smallest absolute Gasteiger partial charge is 0.289 e. The van der Waals surface area contributed by atoms with E-state index in [-0.39, 0.29) is 42.7 Å². The van der Waals surface area contributed by atoms with E-state index in [9.17, 15) is 22.0 Å². The van der Waals surface area contributed by atoms with Gasteiger partial charge in [0.2, 0.25) is 10.0 Å². The molecule has 1 saturated heterocycles. The van der Waals surface area contributed by atoms with Gasteiger partial charge in [-0.2, -0.15) is 4.31 Å². The van der Waals surface area contributed by atoms with Crippen molar-refractivity contribution >= 4 is 26.9 Å². The number of fused-ring (bicyclic) bond motifs is 1. The number of rotatable bonds is 3. The molecule has 0 aliphatic carbocycles. The topological polar surface area (TPSA) is 70.8 Å². The Balaban J connectivity index is 1.54. The fourth-order valence-corrected chi connectivity index (χ4v) is 5.38. The molecule has 9 heteroatoms. The van der Waals surface area contributed by atoms with Gasteiger partial charge in [0, 0.05) is 37.1 Å². The van der Waals surface area contributed by atoms with Gasteiger partial charge in [0.25, 0.3) is 5.91 Å². The number of aryl methyl sites for hydroxylation is 3. The van der Waals surface area contributed by atoms with Crippen molar-refractivity contribution in [2.24, 2.45) is 0 Å². The van der Waals surface area contributed by atoms with Gasteiger partial charge in [-0.3, -0.25) is 4.79 Å². The van der Waals surface area contributed by atoms with Crippen LogP contribution in [0.25, 0.3) is 11.0 Å². The van der Waals surface area contributed by atoms with E-state index >= 15 is 0 Å². The third kappa shape index (κ3) is 3.61. The van der Waals surface area contributed by atoms with E-state index in [0.29, 0.717) is 11.6 Å². The predicted molar refractivity (Wildman–Crippen MR) is 111 cm³/mol. The number of piperazine rings is 1. The van der Waals surface area contributed by atoms with Gasteiger partial charge in [0.05, 0.1) is 4.90 Å². The van der Waals surface area contributed by atoms with Gasteiger partial charge < -0.3 is 9.32 Å². The van der Waals surface area contributed by atoms with Crippen LogP contribution in [0.3, 0.4) is 0 Å². The average Bonchev–Trinajstić information content (AvgIpc) is 3.10. The Hall–Kier alpha value is -2.78. The molecule has 4 rings (SSSR count). The van der Waals surface area contributed by atoms with Crippen LogP contribution in [0.2, 0.25) is 0 Å². The van der Waals surface area contributed by atoms with Gasteiger partial charge in [0.1, 0.15) is 5.58 Å². The Bertz CT molecular complexity index is 1290. The number of furan rings is 1. The maximum atomic E-state index is 13.5. The summed E-state index contributed by atoms with van der Waals surface area (Å²) in [6.07, 6.45) is 0. The maximum Gasteiger partial charge on any atom is 0.289 e. The zero-order valence-corrected chi connectivity index (χ0v) is 18.2. The number of sulfonamides is 1. The molecule has 164 valence electrons. The highest BCUT2D eigenvalue weighted by Gasteiger charge is 2.33. The minimum absolute atomic E-state index is 0.0460. The number of halogens is 2. The van der Waals surface area contributed by atoms with Crippen LogP contribution in [0.1, 0.15) is 27.2 Å². The predicted octanol–water partition coefficient (Wildman–Crippen LogP) is 3.78. The molecule has 31 heavy (non-hydrogen) atoms. The van der Waals surface area contributed by atoms with Crippen LogP contribution in [0.5, 0.6) is 0 Å². The first kappa shape index (κ1) is 21.5. The Morgan fingerprint density at radius 2 is 1.58 bits per heavy atom. The van der Waals surface area contributed by atoms with Gasteiger partial charge in [-0.25, -0.2) is 17.2 Å². The molecule has 3 aromatic rings. The molecule has 0 saturated carbocycles. The van der Waals surface area contributed by atoms with Crippen molar-refractivity contribution < 1.29 is 26.4 Å². The second-order valence-electron chi connectivity index (χ2n) is 7.73. The molecule has 0 atom stereocenters. The Morgan fingerprint density at radius 1 is 0.935 bits per heavy atom. The van der Waals surface area contributed by atoms with Crippen LogP contribution in [-0.4, -0.2) is 49.7 Å². The Morgan fingerprint density at radius 3 is 2.19 bits per heavy atom. The highest BCUT2D eigenvalue weighted by Crippen LogP contribution is 2.31. The molecule has 2 aromatic carbocycles. The van der Waals surface area contributed by atoms with Crippen LogP contribution in [0.15, 0.2) is 39.6 Å². The molecule has 2 heterocycles. The summed E-state index contributed by atoms with van der Waals surface area (Å²) in [6, 6.07) is 6.42. The highest BCUT2D eigenvalue weighted by atomic mass is 32.2. The summed E-state index contributed by atoms with van der Waals surface area (Å²) in [6.45, 7) is 6.14. The largest absolute Gasteiger partial charge is 0.450 e. The average molecular weight is 448 g/mol. The molecule has 0 unspecified atom stereocenters. The first-order valence-corrected chi connectivity index (χ1v) is 11.3. The molecule has 1 aliphatic rings. The van der Waals surface area contributed by atoms with Crippen LogP contribution >= 0.6 is 0 Å². The number of amides is 1. The molecule has 1 aliphatic heterocycles. The zero-order chi connectivity index (χ0) is 22.5. The number of benzene rings is 2. The molecule has 0 N–H and O–H groups in total. The zero-order valence-electron chi connectivity index (χ0n) is 17.4. The fraction of sp³-hybridized carbons (Fsp3) is 0.318. The summed E-state index contributed by atoms with van der Waals surface area (Å²) >= 11 is 0. The molecule has 1 amide bonds. The van der Waals surface area contributed by atoms with E-state index < -0.39 is 21.7 Å². The second-order valence-corrected chi connectivity index (χ2v) is 9.67. The van der Waals surface area contributed by atoms with Gasteiger partial charge in [0.15, 0.2) is 17.4 Å².